The fraction of sp³-hybridized carbons (Fsp3) is 0.619. The van der Waals surface area contributed by atoms with E-state index in [0.717, 1.165) is 49.7 Å². The topological polar surface area (TPSA) is 50.2 Å². The Morgan fingerprint density at radius 1 is 1.21 bits per heavy atom. The van der Waals surface area contributed by atoms with Crippen molar-refractivity contribution in [3.05, 3.63) is 30.1 Å². The number of benzene rings is 1. The van der Waals surface area contributed by atoms with Crippen molar-refractivity contribution in [2.75, 3.05) is 26.2 Å². The summed E-state index contributed by atoms with van der Waals surface area (Å²) < 4.78 is 2.36. The number of piperidine rings is 1. The molecule has 1 aliphatic heterocycles. The van der Waals surface area contributed by atoms with Crippen LogP contribution in [0, 0.1) is 5.92 Å². The summed E-state index contributed by atoms with van der Waals surface area (Å²) >= 11 is 0. The zero-order chi connectivity index (χ0) is 18.1. The maximum absolute atomic E-state index is 12.6. The number of carbonyl (C=O) groups excluding carboxylic acids is 1. The quantitative estimate of drug-likeness (QED) is 0.753. The summed E-state index contributed by atoms with van der Waals surface area (Å²) in [4.78, 5) is 19.6. The lowest BCUT2D eigenvalue weighted by molar-refractivity contribution is -0.131. The minimum absolute atomic E-state index is 0. The number of para-hydroxylation sites is 2. The lowest BCUT2D eigenvalue weighted by Crippen LogP contribution is -2.44. The zero-order valence-corrected chi connectivity index (χ0v) is 18.4. The van der Waals surface area contributed by atoms with Gasteiger partial charge in [0.2, 0.25) is 5.91 Å². The second-order valence-electron chi connectivity index (χ2n) is 8.18. The molecule has 5 nitrogen and oxygen atoms in total. The summed E-state index contributed by atoms with van der Waals surface area (Å²) in [5.74, 6) is 2.51. The van der Waals surface area contributed by atoms with Gasteiger partial charge in [-0.05, 0) is 64.1 Å². The molecule has 0 spiro atoms. The molecule has 1 saturated carbocycles. The van der Waals surface area contributed by atoms with E-state index in [1.165, 1.54) is 18.4 Å². The molecule has 1 unspecified atom stereocenters. The van der Waals surface area contributed by atoms with Gasteiger partial charge >= 0.3 is 0 Å². The van der Waals surface area contributed by atoms with Gasteiger partial charge < -0.3 is 14.8 Å². The number of hydrogen-bond acceptors (Lipinski definition) is 3. The van der Waals surface area contributed by atoms with Crippen molar-refractivity contribution >= 4 is 41.8 Å². The van der Waals surface area contributed by atoms with Gasteiger partial charge in [-0.3, -0.25) is 4.79 Å². The van der Waals surface area contributed by atoms with Gasteiger partial charge in [0, 0.05) is 25.0 Å². The molecule has 2 aromatic rings. The van der Waals surface area contributed by atoms with Crippen LogP contribution >= 0.6 is 24.8 Å². The Bertz CT molecular complexity index is 788. The monoisotopic (exact) mass is 426 g/mol. The number of amides is 1. The number of imidazole rings is 1. The van der Waals surface area contributed by atoms with Crippen LogP contribution in [0.25, 0.3) is 11.0 Å². The van der Waals surface area contributed by atoms with Gasteiger partial charge in [0.15, 0.2) is 0 Å². The lowest BCUT2D eigenvalue weighted by atomic mass is 9.96. The molecule has 1 N–H and O–H groups in total. The standard InChI is InChI=1S/C21H30N4O.2ClH/c1-15(2)25-19-8-4-3-7-18(19)23-21(25)17-6-5-11-24(14-17)20(26)13-22-12-16-9-10-16;;/h3-4,7-8,15-17,22H,5-6,9-14H2,1-2H3;2*1H. The van der Waals surface area contributed by atoms with E-state index >= 15 is 0 Å². The van der Waals surface area contributed by atoms with Crippen LogP contribution in [0.2, 0.25) is 0 Å². The summed E-state index contributed by atoms with van der Waals surface area (Å²) in [5, 5.41) is 3.34. The Labute approximate surface area is 180 Å². The third-order valence-electron chi connectivity index (χ3n) is 5.68. The van der Waals surface area contributed by atoms with Crippen molar-refractivity contribution in [2.45, 2.75) is 51.5 Å². The van der Waals surface area contributed by atoms with Crippen molar-refractivity contribution in [3.8, 4) is 0 Å². The molecule has 2 heterocycles. The van der Waals surface area contributed by atoms with Gasteiger partial charge in [-0.1, -0.05) is 12.1 Å². The van der Waals surface area contributed by atoms with Gasteiger partial charge in [0.25, 0.3) is 0 Å². The van der Waals surface area contributed by atoms with Crippen molar-refractivity contribution in [1.82, 2.24) is 19.8 Å². The van der Waals surface area contributed by atoms with E-state index in [1.807, 2.05) is 11.0 Å². The van der Waals surface area contributed by atoms with Crippen LogP contribution < -0.4 is 5.32 Å². The fourth-order valence-corrected chi connectivity index (χ4v) is 4.13. The van der Waals surface area contributed by atoms with E-state index in [1.54, 1.807) is 0 Å². The van der Waals surface area contributed by atoms with Crippen LogP contribution in [0.4, 0.5) is 0 Å². The zero-order valence-electron chi connectivity index (χ0n) is 16.8. The molecule has 2 aliphatic rings. The maximum atomic E-state index is 12.6. The number of nitrogens with zero attached hydrogens (tertiary/aromatic N) is 3. The molecule has 0 radical (unpaired) electrons. The molecular weight excluding hydrogens is 395 g/mol. The lowest BCUT2D eigenvalue weighted by Gasteiger charge is -2.33. The molecule has 1 amide bonds. The Balaban J connectivity index is 0.00000140. The first-order valence-corrected chi connectivity index (χ1v) is 10.1. The highest BCUT2D eigenvalue weighted by atomic mass is 35.5. The third-order valence-corrected chi connectivity index (χ3v) is 5.68. The predicted molar refractivity (Wildman–Crippen MR) is 119 cm³/mol. The first-order valence-electron chi connectivity index (χ1n) is 10.1. The normalized spacial score (nSPS) is 19.4. The number of halogens is 2. The maximum Gasteiger partial charge on any atom is 0.236 e. The largest absolute Gasteiger partial charge is 0.341 e. The molecule has 2 fully saturated rings. The molecular formula is C21H32Cl2N4O. The van der Waals surface area contributed by atoms with E-state index in [-0.39, 0.29) is 30.7 Å². The number of likely N-dealkylation sites (tertiary alicyclic amines) is 1. The summed E-state index contributed by atoms with van der Waals surface area (Å²) in [7, 11) is 0. The summed E-state index contributed by atoms with van der Waals surface area (Å²) in [6.07, 6.45) is 4.80. The molecule has 1 saturated heterocycles. The first-order chi connectivity index (χ1) is 12.6. The molecule has 7 heteroatoms. The Morgan fingerprint density at radius 2 is 1.96 bits per heavy atom. The minimum Gasteiger partial charge on any atom is -0.341 e. The van der Waals surface area contributed by atoms with Gasteiger partial charge in [0.1, 0.15) is 5.82 Å². The molecule has 4 rings (SSSR count). The minimum atomic E-state index is 0. The number of fused-ring (bicyclic) bond motifs is 1. The molecule has 1 atom stereocenters. The third kappa shape index (κ3) is 5.00. The van der Waals surface area contributed by atoms with Crippen LogP contribution in [-0.2, 0) is 4.79 Å². The van der Waals surface area contributed by atoms with Crippen LogP contribution in [-0.4, -0.2) is 46.5 Å². The molecule has 28 heavy (non-hydrogen) atoms. The smallest absolute Gasteiger partial charge is 0.236 e. The highest BCUT2D eigenvalue weighted by Gasteiger charge is 2.29. The predicted octanol–water partition coefficient (Wildman–Crippen LogP) is 4.17. The molecule has 156 valence electrons. The number of aromatic nitrogens is 2. The van der Waals surface area contributed by atoms with Crippen LogP contribution in [0.3, 0.4) is 0 Å². The number of carbonyl (C=O) groups is 1. The van der Waals surface area contributed by atoms with E-state index in [0.29, 0.717) is 18.5 Å². The van der Waals surface area contributed by atoms with Crippen molar-refractivity contribution in [3.63, 3.8) is 0 Å². The first kappa shape index (κ1) is 23.0. The summed E-state index contributed by atoms with van der Waals surface area (Å²) in [6, 6.07) is 8.73. The molecule has 1 aromatic carbocycles. The van der Waals surface area contributed by atoms with E-state index in [2.05, 4.69) is 41.9 Å². The molecule has 1 aromatic heterocycles. The van der Waals surface area contributed by atoms with Crippen LogP contribution in [0.1, 0.15) is 57.3 Å². The van der Waals surface area contributed by atoms with Crippen molar-refractivity contribution in [1.29, 1.82) is 0 Å². The highest BCUT2D eigenvalue weighted by molar-refractivity contribution is 5.85. The van der Waals surface area contributed by atoms with E-state index in [9.17, 15) is 4.79 Å². The average Bonchev–Trinajstić information content (AvgIpc) is 3.38. The average molecular weight is 427 g/mol. The van der Waals surface area contributed by atoms with Gasteiger partial charge in [-0.15, -0.1) is 24.8 Å². The van der Waals surface area contributed by atoms with Gasteiger partial charge in [-0.25, -0.2) is 4.98 Å². The van der Waals surface area contributed by atoms with Crippen molar-refractivity contribution < 1.29 is 4.79 Å². The molecule has 0 bridgehead atoms. The number of hydrogen-bond donors (Lipinski definition) is 1. The number of nitrogens with one attached hydrogen (secondary N) is 1. The van der Waals surface area contributed by atoms with Crippen molar-refractivity contribution in [2.24, 2.45) is 5.92 Å². The Hall–Kier alpha value is -1.30. The molecule has 1 aliphatic carbocycles. The summed E-state index contributed by atoms with van der Waals surface area (Å²) in [6.45, 7) is 7.56. The van der Waals surface area contributed by atoms with Crippen LogP contribution in [0.5, 0.6) is 0 Å². The van der Waals surface area contributed by atoms with Gasteiger partial charge in [0.05, 0.1) is 17.6 Å². The number of rotatable bonds is 6. The van der Waals surface area contributed by atoms with E-state index < -0.39 is 0 Å². The Kier molecular flexibility index (Phi) is 8.17. The Morgan fingerprint density at radius 3 is 2.68 bits per heavy atom. The van der Waals surface area contributed by atoms with Gasteiger partial charge in [-0.2, -0.15) is 0 Å². The fourth-order valence-electron chi connectivity index (χ4n) is 4.13. The second-order valence-corrected chi connectivity index (χ2v) is 8.18. The highest BCUT2D eigenvalue weighted by Crippen LogP contribution is 2.31. The van der Waals surface area contributed by atoms with E-state index in [4.69, 9.17) is 4.98 Å². The van der Waals surface area contributed by atoms with Crippen LogP contribution in [0.15, 0.2) is 24.3 Å². The SMILES string of the molecule is CC(C)n1c(C2CCCN(C(=O)CNCC3CC3)C2)nc2ccccc21.Cl.Cl. The second kappa shape index (κ2) is 9.95. The summed E-state index contributed by atoms with van der Waals surface area (Å²) in [5.41, 5.74) is 2.26.